The standard InChI is InChI=1S/C13H15F3N4O4/c1-8(21)17-5-10(22)18-6-11(23)20-9-2-3-12(19-4-9)24-7-13(14,15)16/h2-4H,5-7H2,1H3,(H,17,21)(H,18,22)(H,20,23). The molecule has 1 heterocycles. The number of halogens is 3. The molecule has 8 nitrogen and oxygen atoms in total. The van der Waals surface area contributed by atoms with Crippen molar-refractivity contribution in [3.63, 3.8) is 0 Å². The molecule has 0 fully saturated rings. The van der Waals surface area contributed by atoms with Crippen LogP contribution < -0.4 is 20.7 Å². The zero-order valence-corrected chi connectivity index (χ0v) is 12.6. The van der Waals surface area contributed by atoms with Gasteiger partial charge in [-0.3, -0.25) is 14.4 Å². The normalized spacial score (nSPS) is 10.7. The van der Waals surface area contributed by atoms with E-state index in [0.717, 1.165) is 12.3 Å². The average molecular weight is 348 g/mol. The van der Waals surface area contributed by atoms with Gasteiger partial charge in [0.05, 0.1) is 25.0 Å². The molecule has 1 aromatic rings. The molecular formula is C13H15F3N4O4. The number of nitrogens with zero attached hydrogens (tertiary/aromatic N) is 1. The highest BCUT2D eigenvalue weighted by Gasteiger charge is 2.28. The Morgan fingerprint density at radius 3 is 2.33 bits per heavy atom. The van der Waals surface area contributed by atoms with Crippen molar-refractivity contribution in [3.8, 4) is 5.88 Å². The molecule has 0 aliphatic heterocycles. The number of carbonyl (C=O) groups excluding carboxylic acids is 3. The molecule has 3 amide bonds. The number of carbonyl (C=O) groups is 3. The van der Waals surface area contributed by atoms with Crippen LogP contribution in [0, 0.1) is 0 Å². The van der Waals surface area contributed by atoms with Gasteiger partial charge in [0.25, 0.3) is 0 Å². The van der Waals surface area contributed by atoms with Crippen LogP contribution in [0.3, 0.4) is 0 Å². The third-order valence-electron chi connectivity index (χ3n) is 2.35. The van der Waals surface area contributed by atoms with Gasteiger partial charge >= 0.3 is 6.18 Å². The Morgan fingerprint density at radius 2 is 1.79 bits per heavy atom. The number of hydrogen-bond donors (Lipinski definition) is 3. The molecule has 0 spiro atoms. The van der Waals surface area contributed by atoms with E-state index in [1.807, 2.05) is 0 Å². The lowest BCUT2D eigenvalue weighted by Crippen LogP contribution is -2.39. The first-order valence-corrected chi connectivity index (χ1v) is 6.62. The van der Waals surface area contributed by atoms with Crippen molar-refractivity contribution in [1.82, 2.24) is 15.6 Å². The maximum atomic E-state index is 12.0. The largest absolute Gasteiger partial charge is 0.468 e. The molecule has 0 unspecified atom stereocenters. The number of nitrogens with one attached hydrogen (secondary N) is 3. The van der Waals surface area contributed by atoms with Gasteiger partial charge in [0, 0.05) is 13.0 Å². The lowest BCUT2D eigenvalue weighted by atomic mass is 10.4. The molecule has 0 bridgehead atoms. The number of aromatic nitrogens is 1. The Labute approximate surface area is 134 Å². The lowest BCUT2D eigenvalue weighted by molar-refractivity contribution is -0.154. The summed E-state index contributed by atoms with van der Waals surface area (Å²) in [6, 6.07) is 2.46. The van der Waals surface area contributed by atoms with E-state index in [4.69, 9.17) is 0 Å². The summed E-state index contributed by atoms with van der Waals surface area (Å²) in [6.45, 7) is -0.818. The highest BCUT2D eigenvalue weighted by Crippen LogP contribution is 2.17. The fourth-order valence-corrected chi connectivity index (χ4v) is 1.35. The van der Waals surface area contributed by atoms with E-state index in [0.29, 0.717) is 0 Å². The van der Waals surface area contributed by atoms with Crippen LogP contribution in [0.15, 0.2) is 18.3 Å². The first kappa shape index (κ1) is 19.2. The fraction of sp³-hybridized carbons (Fsp3) is 0.385. The molecule has 24 heavy (non-hydrogen) atoms. The number of alkyl halides is 3. The number of anilines is 1. The summed E-state index contributed by atoms with van der Waals surface area (Å²) in [5.41, 5.74) is 0.218. The molecule has 0 saturated heterocycles. The Kier molecular flexibility index (Phi) is 6.96. The highest BCUT2D eigenvalue weighted by molar-refractivity contribution is 5.95. The highest BCUT2D eigenvalue weighted by atomic mass is 19.4. The topological polar surface area (TPSA) is 109 Å². The monoisotopic (exact) mass is 348 g/mol. The van der Waals surface area contributed by atoms with Gasteiger partial charge in [-0.25, -0.2) is 4.98 Å². The molecule has 1 rings (SSSR count). The quantitative estimate of drug-likeness (QED) is 0.653. The van der Waals surface area contributed by atoms with Crippen LogP contribution in [0.25, 0.3) is 0 Å². The SMILES string of the molecule is CC(=O)NCC(=O)NCC(=O)Nc1ccc(OCC(F)(F)F)nc1. The second-order valence-corrected chi connectivity index (χ2v) is 4.52. The summed E-state index contributed by atoms with van der Waals surface area (Å²) in [6.07, 6.45) is -3.35. The van der Waals surface area contributed by atoms with E-state index in [2.05, 4.69) is 25.7 Å². The van der Waals surface area contributed by atoms with E-state index in [9.17, 15) is 27.6 Å². The van der Waals surface area contributed by atoms with E-state index < -0.39 is 24.6 Å². The fourth-order valence-electron chi connectivity index (χ4n) is 1.35. The Hall–Kier alpha value is -2.85. The van der Waals surface area contributed by atoms with Crippen LogP contribution in [0.2, 0.25) is 0 Å². The predicted octanol–water partition coefficient (Wildman–Crippen LogP) is 0.214. The number of pyridine rings is 1. The van der Waals surface area contributed by atoms with Crippen molar-refractivity contribution in [2.75, 3.05) is 25.0 Å². The van der Waals surface area contributed by atoms with Gasteiger partial charge in [-0.2, -0.15) is 13.2 Å². The van der Waals surface area contributed by atoms with Crippen molar-refractivity contribution in [2.24, 2.45) is 0 Å². The molecule has 0 saturated carbocycles. The third kappa shape index (κ3) is 8.56. The Morgan fingerprint density at radius 1 is 1.12 bits per heavy atom. The van der Waals surface area contributed by atoms with E-state index >= 15 is 0 Å². The van der Waals surface area contributed by atoms with Crippen LogP contribution in [0.5, 0.6) is 5.88 Å². The van der Waals surface area contributed by atoms with Crippen molar-refractivity contribution < 1.29 is 32.3 Å². The smallest absolute Gasteiger partial charge is 0.422 e. The molecular weight excluding hydrogens is 333 g/mol. The lowest BCUT2D eigenvalue weighted by Gasteiger charge is -2.09. The molecule has 11 heteroatoms. The number of rotatable bonds is 7. The van der Waals surface area contributed by atoms with Gasteiger partial charge in [-0.1, -0.05) is 0 Å². The molecule has 0 atom stereocenters. The minimum Gasteiger partial charge on any atom is -0.468 e. The zero-order chi connectivity index (χ0) is 18.2. The van der Waals surface area contributed by atoms with Gasteiger partial charge < -0.3 is 20.7 Å². The van der Waals surface area contributed by atoms with Gasteiger partial charge in [-0.15, -0.1) is 0 Å². The zero-order valence-electron chi connectivity index (χ0n) is 12.6. The maximum Gasteiger partial charge on any atom is 0.422 e. The van der Waals surface area contributed by atoms with E-state index in [1.165, 1.54) is 13.0 Å². The summed E-state index contributed by atoms with van der Waals surface area (Å²) in [4.78, 5) is 37.1. The van der Waals surface area contributed by atoms with Crippen LogP contribution in [-0.2, 0) is 14.4 Å². The number of ether oxygens (including phenoxy) is 1. The molecule has 0 aliphatic rings. The number of hydrogen-bond acceptors (Lipinski definition) is 5. The summed E-state index contributed by atoms with van der Waals surface area (Å²) in [7, 11) is 0. The Balaban J connectivity index is 2.36. The molecule has 0 radical (unpaired) electrons. The molecule has 132 valence electrons. The third-order valence-corrected chi connectivity index (χ3v) is 2.35. The van der Waals surface area contributed by atoms with Gasteiger partial charge in [0.2, 0.25) is 23.6 Å². The molecule has 0 aliphatic carbocycles. The van der Waals surface area contributed by atoms with Crippen molar-refractivity contribution in [1.29, 1.82) is 0 Å². The second kappa shape index (κ2) is 8.70. The number of amides is 3. The van der Waals surface area contributed by atoms with Crippen LogP contribution in [0.4, 0.5) is 18.9 Å². The van der Waals surface area contributed by atoms with E-state index in [1.54, 1.807) is 0 Å². The minimum absolute atomic E-state index is 0.218. The Bertz CT molecular complexity index is 590. The molecule has 0 aromatic carbocycles. The van der Waals surface area contributed by atoms with Crippen molar-refractivity contribution >= 4 is 23.4 Å². The first-order valence-electron chi connectivity index (χ1n) is 6.62. The molecule has 1 aromatic heterocycles. The summed E-state index contributed by atoms with van der Waals surface area (Å²) >= 11 is 0. The predicted molar refractivity (Wildman–Crippen MR) is 76.1 cm³/mol. The van der Waals surface area contributed by atoms with Crippen LogP contribution in [0.1, 0.15) is 6.92 Å². The van der Waals surface area contributed by atoms with Crippen LogP contribution >= 0.6 is 0 Å². The van der Waals surface area contributed by atoms with Gasteiger partial charge in [0.15, 0.2) is 6.61 Å². The first-order chi connectivity index (χ1) is 11.2. The summed E-state index contributed by atoms with van der Waals surface area (Å²) < 4.78 is 40.3. The average Bonchev–Trinajstić information content (AvgIpc) is 2.49. The van der Waals surface area contributed by atoms with Crippen molar-refractivity contribution in [3.05, 3.63) is 18.3 Å². The van der Waals surface area contributed by atoms with E-state index in [-0.39, 0.29) is 30.6 Å². The molecule has 3 N–H and O–H groups in total. The summed E-state index contributed by atoms with van der Waals surface area (Å²) in [5, 5.41) is 6.91. The van der Waals surface area contributed by atoms with Gasteiger partial charge in [-0.05, 0) is 6.07 Å². The van der Waals surface area contributed by atoms with Crippen LogP contribution in [-0.4, -0.2) is 48.6 Å². The summed E-state index contributed by atoms with van der Waals surface area (Å²) in [5.74, 6) is -1.74. The second-order valence-electron chi connectivity index (χ2n) is 4.52. The van der Waals surface area contributed by atoms with Crippen molar-refractivity contribution in [2.45, 2.75) is 13.1 Å². The van der Waals surface area contributed by atoms with Gasteiger partial charge in [0.1, 0.15) is 0 Å². The minimum atomic E-state index is -4.47. The maximum absolute atomic E-state index is 12.0.